The second-order valence-electron chi connectivity index (χ2n) is 12.2. The van der Waals surface area contributed by atoms with Crippen molar-refractivity contribution in [3.63, 3.8) is 0 Å². The Morgan fingerprint density at radius 3 is 2.43 bits per heavy atom. The van der Waals surface area contributed by atoms with Crippen LogP contribution < -0.4 is 5.73 Å². The molecule has 3 heteroatoms. The molecule has 0 aromatic rings. The van der Waals surface area contributed by atoms with Crippen molar-refractivity contribution in [1.82, 2.24) is 0 Å². The van der Waals surface area contributed by atoms with Crippen LogP contribution in [-0.4, -0.2) is 18.2 Å². The Bertz CT molecular complexity index is 668. The monoisotopic (exact) mass is 414 g/mol. The fraction of sp³-hybridized carbons (Fsp3) is 0.926. The zero-order valence-corrected chi connectivity index (χ0v) is 20.1. The smallest absolute Gasteiger partial charge is 0.157 e. The van der Waals surface area contributed by atoms with Gasteiger partial charge in [0.05, 0.1) is 12.4 Å². The zero-order chi connectivity index (χ0) is 21.5. The Kier molecular flexibility index (Phi) is 6.39. The summed E-state index contributed by atoms with van der Waals surface area (Å²) in [4.78, 5) is 17.6. The van der Waals surface area contributed by atoms with Crippen LogP contribution in [0.15, 0.2) is 4.99 Å². The Hall–Kier alpha value is -0.860. The van der Waals surface area contributed by atoms with E-state index in [0.717, 1.165) is 36.0 Å². The van der Waals surface area contributed by atoms with E-state index in [2.05, 4.69) is 25.8 Å². The van der Waals surface area contributed by atoms with Gasteiger partial charge in [-0.3, -0.25) is 9.79 Å². The number of rotatable bonds is 3. The second kappa shape index (κ2) is 8.58. The van der Waals surface area contributed by atoms with Gasteiger partial charge in [-0.25, -0.2) is 0 Å². The molecule has 4 aliphatic carbocycles. The van der Waals surface area contributed by atoms with Crippen LogP contribution in [0.5, 0.6) is 0 Å². The van der Waals surface area contributed by atoms with Crippen LogP contribution >= 0.6 is 0 Å². The SMILES string of the molecule is CC(N)=NCC(=O)C1CCCCC2C3CCC4CC(C)CCCC4(C)C3CCC12C. The van der Waals surface area contributed by atoms with E-state index in [1.54, 1.807) is 6.92 Å². The molecule has 0 saturated heterocycles. The maximum atomic E-state index is 13.3. The van der Waals surface area contributed by atoms with Gasteiger partial charge < -0.3 is 5.73 Å². The molecule has 0 heterocycles. The van der Waals surface area contributed by atoms with Gasteiger partial charge in [0.2, 0.25) is 0 Å². The van der Waals surface area contributed by atoms with Gasteiger partial charge in [0.15, 0.2) is 5.78 Å². The van der Waals surface area contributed by atoms with Gasteiger partial charge in [0, 0.05) is 5.92 Å². The topological polar surface area (TPSA) is 55.4 Å². The molecule has 4 fully saturated rings. The molecule has 3 nitrogen and oxygen atoms in total. The number of nitrogens with zero attached hydrogens (tertiary/aromatic N) is 1. The lowest BCUT2D eigenvalue weighted by molar-refractivity contribution is -0.141. The number of hydrogen-bond acceptors (Lipinski definition) is 2. The van der Waals surface area contributed by atoms with Crippen molar-refractivity contribution in [3.8, 4) is 0 Å². The van der Waals surface area contributed by atoms with Crippen molar-refractivity contribution >= 4 is 11.6 Å². The van der Waals surface area contributed by atoms with Crippen molar-refractivity contribution < 1.29 is 4.79 Å². The molecule has 8 atom stereocenters. The van der Waals surface area contributed by atoms with Gasteiger partial charge in [-0.15, -0.1) is 0 Å². The van der Waals surface area contributed by atoms with E-state index in [1.807, 2.05) is 0 Å². The molecule has 170 valence electrons. The van der Waals surface area contributed by atoms with Crippen molar-refractivity contribution in [2.24, 2.45) is 57.1 Å². The lowest BCUT2D eigenvalue weighted by Gasteiger charge is -2.60. The number of carbonyl (C=O) groups excluding carboxylic acids is 1. The highest BCUT2D eigenvalue weighted by molar-refractivity contribution is 5.87. The van der Waals surface area contributed by atoms with Crippen LogP contribution in [0.25, 0.3) is 0 Å². The van der Waals surface area contributed by atoms with Crippen LogP contribution in [0.1, 0.15) is 105 Å². The maximum Gasteiger partial charge on any atom is 0.157 e. The molecular weight excluding hydrogens is 368 g/mol. The first kappa shape index (κ1) is 22.3. The Labute approximate surface area is 185 Å². The lowest BCUT2D eigenvalue weighted by Crippen LogP contribution is -2.54. The van der Waals surface area contributed by atoms with Gasteiger partial charge in [0.25, 0.3) is 0 Å². The van der Waals surface area contributed by atoms with Crippen LogP contribution in [0.3, 0.4) is 0 Å². The summed E-state index contributed by atoms with van der Waals surface area (Å²) in [6.07, 6.45) is 16.1. The van der Waals surface area contributed by atoms with Crippen molar-refractivity contribution in [2.45, 2.75) is 105 Å². The minimum absolute atomic E-state index is 0.175. The Morgan fingerprint density at radius 1 is 0.933 bits per heavy atom. The first-order chi connectivity index (χ1) is 14.3. The average Bonchev–Trinajstić information content (AvgIpc) is 2.96. The van der Waals surface area contributed by atoms with E-state index in [9.17, 15) is 4.79 Å². The second-order valence-corrected chi connectivity index (χ2v) is 12.2. The maximum absolute atomic E-state index is 13.3. The summed E-state index contributed by atoms with van der Waals surface area (Å²) in [6, 6.07) is 0. The molecular formula is C27H46N2O. The average molecular weight is 415 g/mol. The Morgan fingerprint density at radius 2 is 1.67 bits per heavy atom. The summed E-state index contributed by atoms with van der Waals surface area (Å²) in [5, 5.41) is 0. The van der Waals surface area contributed by atoms with E-state index in [4.69, 9.17) is 5.73 Å². The third-order valence-electron chi connectivity index (χ3n) is 10.5. The van der Waals surface area contributed by atoms with Crippen LogP contribution in [0, 0.1) is 46.3 Å². The molecule has 0 aromatic heterocycles. The number of Topliss-reactive ketones (excluding diaryl/α,β-unsaturated/α-hetero) is 1. The molecule has 0 aromatic carbocycles. The van der Waals surface area contributed by atoms with Crippen molar-refractivity contribution in [3.05, 3.63) is 0 Å². The number of aliphatic imine (C=N–C) groups is 1. The van der Waals surface area contributed by atoms with Gasteiger partial charge in [-0.2, -0.15) is 0 Å². The fourth-order valence-corrected chi connectivity index (χ4v) is 8.95. The zero-order valence-electron chi connectivity index (χ0n) is 20.1. The van der Waals surface area contributed by atoms with Crippen molar-refractivity contribution in [1.29, 1.82) is 0 Å². The molecule has 8 unspecified atom stereocenters. The Balaban J connectivity index is 1.60. The van der Waals surface area contributed by atoms with Crippen LogP contribution in [-0.2, 0) is 4.79 Å². The summed E-state index contributed by atoms with van der Waals surface area (Å²) in [6.45, 7) is 9.74. The largest absolute Gasteiger partial charge is 0.388 e. The normalized spacial score (nSPS) is 47.3. The third-order valence-corrected chi connectivity index (χ3v) is 10.5. The molecule has 4 aliphatic rings. The molecule has 0 spiro atoms. The number of ketones is 1. The van der Waals surface area contributed by atoms with E-state index in [0.29, 0.717) is 23.6 Å². The summed E-state index contributed by atoms with van der Waals surface area (Å²) in [5.41, 5.74) is 6.47. The molecule has 4 saturated carbocycles. The molecule has 30 heavy (non-hydrogen) atoms. The first-order valence-electron chi connectivity index (χ1n) is 13.0. The van der Waals surface area contributed by atoms with E-state index in [1.165, 1.54) is 70.6 Å². The minimum Gasteiger partial charge on any atom is -0.388 e. The predicted molar refractivity (Wildman–Crippen MR) is 125 cm³/mol. The summed E-state index contributed by atoms with van der Waals surface area (Å²) in [5.74, 6) is 5.39. The highest BCUT2D eigenvalue weighted by atomic mass is 16.1. The fourth-order valence-electron chi connectivity index (χ4n) is 8.95. The van der Waals surface area contributed by atoms with Crippen LogP contribution in [0.4, 0.5) is 0 Å². The number of carbonyl (C=O) groups is 1. The van der Waals surface area contributed by atoms with E-state index < -0.39 is 0 Å². The standard InChI is InChI=1S/C27H46N2O/c1-18-8-7-14-26(3)20(16-18)11-12-21-22-9-5-6-10-24(25(30)17-29-19(2)28)27(22,4)15-13-23(21)26/h18,20-24H,5-17H2,1-4H3,(H2,28,29). The minimum atomic E-state index is 0.175. The third kappa shape index (κ3) is 3.88. The number of fused-ring (bicyclic) bond motifs is 5. The van der Waals surface area contributed by atoms with Gasteiger partial charge >= 0.3 is 0 Å². The molecule has 0 aliphatic heterocycles. The van der Waals surface area contributed by atoms with E-state index in [-0.39, 0.29) is 11.3 Å². The van der Waals surface area contributed by atoms with Gasteiger partial charge in [-0.1, -0.05) is 46.5 Å². The molecule has 2 N–H and O–H groups in total. The van der Waals surface area contributed by atoms with Gasteiger partial charge in [0.1, 0.15) is 0 Å². The van der Waals surface area contributed by atoms with Crippen LogP contribution in [0.2, 0.25) is 0 Å². The molecule has 4 rings (SSSR count). The molecule has 0 amide bonds. The molecule has 0 radical (unpaired) electrons. The number of amidine groups is 1. The van der Waals surface area contributed by atoms with Crippen molar-refractivity contribution in [2.75, 3.05) is 6.54 Å². The van der Waals surface area contributed by atoms with E-state index >= 15 is 0 Å². The lowest BCUT2D eigenvalue weighted by atomic mass is 9.44. The predicted octanol–water partition coefficient (Wildman–Crippen LogP) is 6.40. The molecule has 0 bridgehead atoms. The van der Waals surface area contributed by atoms with Gasteiger partial charge in [-0.05, 0) is 98.7 Å². The first-order valence-corrected chi connectivity index (χ1v) is 13.0. The summed E-state index contributed by atoms with van der Waals surface area (Å²) >= 11 is 0. The summed E-state index contributed by atoms with van der Waals surface area (Å²) < 4.78 is 0. The number of nitrogens with two attached hydrogens (primary N) is 1. The number of hydrogen-bond donors (Lipinski definition) is 1. The highest BCUT2D eigenvalue weighted by Gasteiger charge is 2.58. The summed E-state index contributed by atoms with van der Waals surface area (Å²) in [7, 11) is 0. The quantitative estimate of drug-likeness (QED) is 0.429. The highest BCUT2D eigenvalue weighted by Crippen LogP contribution is 2.65.